The number of benzene rings is 1. The highest BCUT2D eigenvalue weighted by Gasteiger charge is 2.27. The lowest BCUT2D eigenvalue weighted by Crippen LogP contribution is -2.47. The van der Waals surface area contributed by atoms with Gasteiger partial charge in [-0.05, 0) is 30.2 Å². The summed E-state index contributed by atoms with van der Waals surface area (Å²) < 4.78 is 48.1. The topological polar surface area (TPSA) is 128 Å². The fourth-order valence-electron chi connectivity index (χ4n) is 2.06. The Kier molecular flexibility index (Phi) is 9.00. The van der Waals surface area contributed by atoms with Gasteiger partial charge in [0.15, 0.2) is 6.61 Å². The lowest BCUT2D eigenvalue weighted by atomic mass is 9.99. The summed E-state index contributed by atoms with van der Waals surface area (Å²) >= 11 is 0. The molecule has 0 saturated carbocycles. The Labute approximate surface area is 162 Å². The van der Waals surface area contributed by atoms with Crippen molar-refractivity contribution >= 4 is 27.9 Å². The molecule has 0 spiro atoms. The van der Waals surface area contributed by atoms with Crippen LogP contribution in [0.25, 0.3) is 0 Å². The van der Waals surface area contributed by atoms with Crippen LogP contribution in [0.2, 0.25) is 0 Å². The molecule has 2 atom stereocenters. The molecule has 0 bridgehead atoms. The molecule has 0 radical (unpaired) electrons. The second-order valence-electron chi connectivity index (χ2n) is 5.89. The third-order valence-corrected chi connectivity index (χ3v) is 5.30. The highest BCUT2D eigenvalue weighted by atomic mass is 32.2. The quantitative estimate of drug-likeness (QED) is 0.525. The molecule has 11 heteroatoms. The number of carbonyl (C=O) groups excluding carboxylic acids is 3. The molecule has 1 aromatic carbocycles. The number of carbonyl (C=O) groups is 3. The van der Waals surface area contributed by atoms with E-state index in [4.69, 9.17) is 4.74 Å². The van der Waals surface area contributed by atoms with Gasteiger partial charge in [0.05, 0.1) is 12.0 Å². The van der Waals surface area contributed by atoms with Crippen molar-refractivity contribution in [1.82, 2.24) is 10.0 Å². The van der Waals surface area contributed by atoms with Crippen LogP contribution >= 0.6 is 0 Å². The molecule has 0 saturated heterocycles. The maximum absolute atomic E-state index is 12.8. The molecule has 0 heterocycles. The zero-order valence-electron chi connectivity index (χ0n) is 15.7. The van der Waals surface area contributed by atoms with E-state index in [1.54, 1.807) is 6.92 Å². The van der Waals surface area contributed by atoms with Crippen LogP contribution in [0.5, 0.6) is 0 Å². The number of methoxy groups -OCH3 is 1. The maximum Gasteiger partial charge on any atom is 0.328 e. The SMILES string of the molecule is CC[C@H](C)[C@@H](NC(=O)COC(=O)CNS(=O)(=O)c1ccc(F)cc1)C(=O)OC. The van der Waals surface area contributed by atoms with E-state index in [9.17, 15) is 27.2 Å². The number of ether oxygens (including phenoxy) is 2. The van der Waals surface area contributed by atoms with E-state index in [0.717, 1.165) is 24.3 Å². The predicted molar refractivity (Wildman–Crippen MR) is 95.9 cm³/mol. The molecule has 2 N–H and O–H groups in total. The van der Waals surface area contributed by atoms with E-state index in [0.29, 0.717) is 6.42 Å². The summed E-state index contributed by atoms with van der Waals surface area (Å²) in [7, 11) is -2.85. The summed E-state index contributed by atoms with van der Waals surface area (Å²) in [6.45, 7) is 2.16. The van der Waals surface area contributed by atoms with Crippen molar-refractivity contribution in [2.24, 2.45) is 5.92 Å². The predicted octanol–water partition coefficient (Wildman–Crippen LogP) is 0.351. The molecule has 0 aliphatic heterocycles. The standard InChI is InChI=1S/C17H23FN2O7S/c1-4-11(2)16(17(23)26-3)20-14(21)10-27-15(22)9-19-28(24,25)13-7-5-12(18)6-8-13/h5-8,11,16,19H,4,9-10H2,1-3H3,(H,20,21)/t11-,16+/m0/s1. The summed E-state index contributed by atoms with van der Waals surface area (Å²) in [5.41, 5.74) is 0. The Morgan fingerprint density at radius 2 is 1.79 bits per heavy atom. The Balaban J connectivity index is 2.52. The van der Waals surface area contributed by atoms with Crippen molar-refractivity contribution < 1.29 is 36.7 Å². The first-order valence-electron chi connectivity index (χ1n) is 8.38. The van der Waals surface area contributed by atoms with Crippen molar-refractivity contribution in [3.05, 3.63) is 30.1 Å². The molecule has 28 heavy (non-hydrogen) atoms. The Hall–Kier alpha value is -2.53. The molecule has 156 valence electrons. The van der Waals surface area contributed by atoms with Gasteiger partial charge in [-0.25, -0.2) is 17.6 Å². The van der Waals surface area contributed by atoms with Gasteiger partial charge in [0, 0.05) is 0 Å². The van der Waals surface area contributed by atoms with E-state index >= 15 is 0 Å². The molecule has 0 unspecified atom stereocenters. The van der Waals surface area contributed by atoms with Crippen LogP contribution in [-0.2, 0) is 33.9 Å². The average Bonchev–Trinajstić information content (AvgIpc) is 2.68. The second-order valence-corrected chi connectivity index (χ2v) is 7.66. The molecule has 1 amide bonds. The van der Waals surface area contributed by atoms with Gasteiger partial charge in [-0.15, -0.1) is 0 Å². The van der Waals surface area contributed by atoms with Crippen LogP contribution in [0.15, 0.2) is 29.2 Å². The number of amides is 1. The molecule has 0 aromatic heterocycles. The molecule has 0 aliphatic rings. The maximum atomic E-state index is 12.8. The van der Waals surface area contributed by atoms with E-state index in [1.165, 1.54) is 7.11 Å². The number of esters is 2. The van der Waals surface area contributed by atoms with Crippen LogP contribution in [-0.4, -0.2) is 52.6 Å². The zero-order valence-corrected chi connectivity index (χ0v) is 16.5. The number of nitrogens with one attached hydrogen (secondary N) is 2. The smallest absolute Gasteiger partial charge is 0.328 e. The lowest BCUT2D eigenvalue weighted by molar-refractivity contribution is -0.150. The van der Waals surface area contributed by atoms with Crippen molar-refractivity contribution in [2.75, 3.05) is 20.3 Å². The van der Waals surface area contributed by atoms with E-state index in [1.807, 2.05) is 11.6 Å². The summed E-state index contributed by atoms with van der Waals surface area (Å²) in [5, 5.41) is 2.41. The lowest BCUT2D eigenvalue weighted by Gasteiger charge is -2.21. The molecular weight excluding hydrogens is 395 g/mol. The van der Waals surface area contributed by atoms with E-state index in [-0.39, 0.29) is 10.8 Å². The largest absolute Gasteiger partial charge is 0.467 e. The van der Waals surface area contributed by atoms with Gasteiger partial charge in [-0.3, -0.25) is 9.59 Å². The number of hydrogen-bond acceptors (Lipinski definition) is 7. The molecule has 0 aliphatic carbocycles. The van der Waals surface area contributed by atoms with Crippen LogP contribution in [0.1, 0.15) is 20.3 Å². The van der Waals surface area contributed by atoms with Crippen molar-refractivity contribution in [2.45, 2.75) is 31.2 Å². The first-order chi connectivity index (χ1) is 13.1. The minimum Gasteiger partial charge on any atom is -0.467 e. The molecule has 0 fully saturated rings. The molecule has 1 aromatic rings. The highest BCUT2D eigenvalue weighted by molar-refractivity contribution is 7.89. The van der Waals surface area contributed by atoms with E-state index in [2.05, 4.69) is 10.1 Å². The monoisotopic (exact) mass is 418 g/mol. The van der Waals surface area contributed by atoms with E-state index < -0.39 is 52.9 Å². The zero-order chi connectivity index (χ0) is 21.3. The normalized spacial score (nSPS) is 13.3. The minimum absolute atomic E-state index is 0.199. The first kappa shape index (κ1) is 23.5. The number of hydrogen-bond donors (Lipinski definition) is 2. The Morgan fingerprint density at radius 1 is 1.18 bits per heavy atom. The third kappa shape index (κ3) is 7.24. The summed E-state index contributed by atoms with van der Waals surface area (Å²) in [6.07, 6.45) is 0.602. The first-order valence-corrected chi connectivity index (χ1v) is 9.87. The van der Waals surface area contributed by atoms with Crippen molar-refractivity contribution in [3.63, 3.8) is 0 Å². The van der Waals surface area contributed by atoms with Crippen molar-refractivity contribution in [1.29, 1.82) is 0 Å². The fourth-order valence-corrected chi connectivity index (χ4v) is 3.03. The van der Waals surface area contributed by atoms with Gasteiger partial charge in [-0.1, -0.05) is 20.3 Å². The van der Waals surface area contributed by atoms with Gasteiger partial charge in [-0.2, -0.15) is 4.72 Å². The average molecular weight is 418 g/mol. The van der Waals surface area contributed by atoms with Crippen LogP contribution < -0.4 is 10.0 Å². The third-order valence-electron chi connectivity index (χ3n) is 3.88. The van der Waals surface area contributed by atoms with Crippen LogP contribution in [0.4, 0.5) is 4.39 Å². The Morgan fingerprint density at radius 3 is 2.32 bits per heavy atom. The molecular formula is C17H23FN2O7S. The number of halogens is 1. The van der Waals surface area contributed by atoms with Crippen molar-refractivity contribution in [3.8, 4) is 0 Å². The second kappa shape index (κ2) is 10.7. The summed E-state index contributed by atoms with van der Waals surface area (Å²) in [4.78, 5) is 35.0. The van der Waals surface area contributed by atoms with Gasteiger partial charge >= 0.3 is 11.9 Å². The molecule has 1 rings (SSSR count). The van der Waals surface area contributed by atoms with Gasteiger partial charge in [0.1, 0.15) is 18.4 Å². The summed E-state index contributed by atoms with van der Waals surface area (Å²) in [6, 6.07) is 3.12. The summed E-state index contributed by atoms with van der Waals surface area (Å²) in [5.74, 6) is -3.16. The van der Waals surface area contributed by atoms with Gasteiger partial charge in [0.2, 0.25) is 10.0 Å². The minimum atomic E-state index is -4.04. The van der Waals surface area contributed by atoms with Gasteiger partial charge in [0.25, 0.3) is 5.91 Å². The Bertz CT molecular complexity index is 796. The number of rotatable bonds is 10. The van der Waals surface area contributed by atoms with Gasteiger partial charge < -0.3 is 14.8 Å². The fraction of sp³-hybridized carbons (Fsp3) is 0.471. The molecule has 9 nitrogen and oxygen atoms in total. The van der Waals surface area contributed by atoms with Crippen LogP contribution in [0.3, 0.4) is 0 Å². The van der Waals surface area contributed by atoms with Crippen LogP contribution in [0, 0.1) is 11.7 Å². The highest BCUT2D eigenvalue weighted by Crippen LogP contribution is 2.10. The number of sulfonamides is 1.